The molecule has 4 aromatic heterocycles. The Labute approximate surface area is 212 Å². The number of hydrogen-bond donors (Lipinski definition) is 2. The van der Waals surface area contributed by atoms with E-state index in [1.165, 1.54) is 24.2 Å². The van der Waals surface area contributed by atoms with Crippen LogP contribution in [0.2, 0.25) is 0 Å². The first-order valence-electron chi connectivity index (χ1n) is 12.2. The van der Waals surface area contributed by atoms with Crippen LogP contribution in [-0.2, 0) is 7.05 Å². The van der Waals surface area contributed by atoms with Crippen LogP contribution in [0.3, 0.4) is 0 Å². The van der Waals surface area contributed by atoms with E-state index in [4.69, 9.17) is 0 Å². The molecule has 186 valence electrons. The fourth-order valence-electron chi connectivity index (χ4n) is 5.19. The van der Waals surface area contributed by atoms with Gasteiger partial charge in [0.1, 0.15) is 4.83 Å². The molecule has 11 heteroatoms. The third kappa shape index (κ3) is 4.40. The molecule has 0 radical (unpaired) electrons. The van der Waals surface area contributed by atoms with Crippen molar-refractivity contribution in [2.24, 2.45) is 18.9 Å². The van der Waals surface area contributed by atoms with Crippen LogP contribution in [0.1, 0.15) is 39.3 Å². The van der Waals surface area contributed by atoms with Gasteiger partial charge in [-0.1, -0.05) is 0 Å². The van der Waals surface area contributed by atoms with E-state index < -0.39 is 0 Å². The van der Waals surface area contributed by atoms with Crippen LogP contribution in [0.5, 0.6) is 0 Å². The van der Waals surface area contributed by atoms with Gasteiger partial charge in [0.2, 0.25) is 0 Å². The number of rotatable bonds is 7. The van der Waals surface area contributed by atoms with Gasteiger partial charge in [-0.15, -0.1) is 11.3 Å². The van der Waals surface area contributed by atoms with E-state index in [0.717, 1.165) is 46.7 Å². The summed E-state index contributed by atoms with van der Waals surface area (Å²) in [7, 11) is 1.86. The molecule has 6 heterocycles. The molecular weight excluding hydrogens is 476 g/mol. The quantitative estimate of drug-likeness (QED) is 0.401. The van der Waals surface area contributed by atoms with Crippen LogP contribution in [0.25, 0.3) is 15.3 Å². The topological polar surface area (TPSA) is 109 Å². The van der Waals surface area contributed by atoms with E-state index in [2.05, 4.69) is 30.7 Å². The zero-order chi connectivity index (χ0) is 24.8. The summed E-state index contributed by atoms with van der Waals surface area (Å²) in [5.41, 5.74) is 3.00. The summed E-state index contributed by atoms with van der Waals surface area (Å²) >= 11 is 1.47. The van der Waals surface area contributed by atoms with E-state index in [0.29, 0.717) is 29.1 Å². The molecule has 7 rings (SSSR count). The zero-order valence-electron chi connectivity index (χ0n) is 20.3. The van der Waals surface area contributed by atoms with Gasteiger partial charge >= 0.3 is 0 Å². The van der Waals surface area contributed by atoms with Crippen LogP contribution < -0.4 is 10.6 Å². The monoisotopic (exact) mass is 504 g/mol. The Morgan fingerprint density at radius 3 is 2.64 bits per heavy atom. The Balaban J connectivity index is 1.12. The molecule has 2 N–H and O–H groups in total. The maximum Gasteiger partial charge on any atom is 0.260 e. The molecule has 4 aromatic rings. The van der Waals surface area contributed by atoms with Gasteiger partial charge in [0.15, 0.2) is 0 Å². The highest BCUT2D eigenvalue weighted by molar-refractivity contribution is 7.21. The minimum absolute atomic E-state index is 0.188. The van der Waals surface area contributed by atoms with Crippen LogP contribution >= 0.6 is 11.3 Å². The van der Waals surface area contributed by atoms with Crippen molar-refractivity contribution < 1.29 is 9.59 Å². The van der Waals surface area contributed by atoms with Crippen molar-refractivity contribution in [3.8, 4) is 10.4 Å². The Kier molecular flexibility index (Phi) is 5.81. The number of fused-ring (bicyclic) bond motifs is 3. The summed E-state index contributed by atoms with van der Waals surface area (Å²) in [5, 5.41) is 14.5. The van der Waals surface area contributed by atoms with Crippen molar-refractivity contribution in [2.45, 2.75) is 19.8 Å². The van der Waals surface area contributed by atoms with Gasteiger partial charge < -0.3 is 15.5 Å². The summed E-state index contributed by atoms with van der Waals surface area (Å²) in [5.74, 6) is 1.21. The number of pyridine rings is 1. The molecule has 2 saturated heterocycles. The minimum Gasteiger partial charge on any atom is -0.351 e. The third-order valence-corrected chi connectivity index (χ3v) is 8.27. The van der Waals surface area contributed by atoms with Crippen LogP contribution in [0, 0.1) is 18.8 Å². The van der Waals surface area contributed by atoms with Crippen molar-refractivity contribution in [1.29, 1.82) is 0 Å². The second-order valence-electron chi connectivity index (χ2n) is 9.84. The van der Waals surface area contributed by atoms with E-state index in [1.54, 1.807) is 40.8 Å². The fourth-order valence-corrected chi connectivity index (χ4v) is 6.22. The molecule has 0 spiro atoms. The summed E-state index contributed by atoms with van der Waals surface area (Å²) in [6.07, 6.45) is 11.4. The summed E-state index contributed by atoms with van der Waals surface area (Å²) < 4.78 is 3.43. The number of aromatic nitrogens is 5. The van der Waals surface area contributed by atoms with Gasteiger partial charge in [0.05, 0.1) is 39.8 Å². The number of carbonyl (C=O) groups excluding carboxylic acids is 2. The number of carbonyl (C=O) groups is 2. The molecule has 1 saturated carbocycles. The molecule has 3 fully saturated rings. The number of anilines is 1. The first-order chi connectivity index (χ1) is 17.4. The predicted octanol–water partition coefficient (Wildman–Crippen LogP) is 2.82. The van der Waals surface area contributed by atoms with Crippen LogP contribution in [0.15, 0.2) is 37.1 Å². The van der Waals surface area contributed by atoms with E-state index >= 15 is 0 Å². The molecule has 3 aliphatic rings. The largest absolute Gasteiger partial charge is 0.351 e. The number of nitrogens with one attached hydrogen (secondary N) is 2. The Morgan fingerprint density at radius 2 is 1.89 bits per heavy atom. The molecule has 10 nitrogen and oxygen atoms in total. The third-order valence-electron chi connectivity index (χ3n) is 7.11. The van der Waals surface area contributed by atoms with Crippen LogP contribution in [0.4, 0.5) is 5.69 Å². The Hall–Kier alpha value is -3.57. The number of amides is 2. The highest BCUT2D eigenvalue weighted by Crippen LogP contribution is 2.39. The first kappa shape index (κ1) is 22.9. The predicted molar refractivity (Wildman–Crippen MR) is 137 cm³/mol. The highest BCUT2D eigenvalue weighted by atomic mass is 32.1. The molecule has 2 aliphatic heterocycles. The van der Waals surface area contributed by atoms with Gasteiger partial charge in [0.25, 0.3) is 11.8 Å². The van der Waals surface area contributed by atoms with E-state index in [1.807, 2.05) is 19.4 Å². The SMILES string of the molecule is Cc1ncc(C(=O)NCCN2CC3CC(C3)C2)cc1NC(=O)c1cnn2cc(-c3cnn(C)c3)sc12. The Morgan fingerprint density at radius 1 is 1.08 bits per heavy atom. The van der Waals surface area contributed by atoms with Crippen molar-refractivity contribution >= 4 is 33.7 Å². The minimum atomic E-state index is -0.296. The standard InChI is InChI=1S/C25H28N8O2S/c1-15-21(7-18(8-27-15)23(34)26-3-4-32-11-16-5-17(6-16)12-32)30-24(35)20-10-29-33-14-22(36-25(20)33)19-9-28-31(2)13-19/h7-10,13-14,16-17H,3-6,11-12H2,1-2H3,(H,26,34)(H,30,35). The number of thiazole rings is 1. The molecule has 0 aromatic carbocycles. The van der Waals surface area contributed by atoms with E-state index in [-0.39, 0.29) is 11.8 Å². The smallest absolute Gasteiger partial charge is 0.260 e. The molecule has 1 aliphatic carbocycles. The molecular formula is C25H28N8O2S. The number of nitrogens with zero attached hydrogens (tertiary/aromatic N) is 6. The normalized spacial score (nSPS) is 19.3. The van der Waals surface area contributed by atoms with Gasteiger partial charge in [-0.2, -0.15) is 10.2 Å². The lowest BCUT2D eigenvalue weighted by Crippen LogP contribution is -2.50. The fraction of sp³-hybridized carbons (Fsp3) is 0.400. The highest BCUT2D eigenvalue weighted by Gasteiger charge is 2.36. The summed E-state index contributed by atoms with van der Waals surface area (Å²) in [6.45, 7) is 5.55. The molecule has 0 atom stereocenters. The second-order valence-corrected chi connectivity index (χ2v) is 10.9. The number of aryl methyl sites for hydroxylation is 2. The van der Waals surface area contributed by atoms with Crippen molar-refractivity contribution in [1.82, 2.24) is 34.6 Å². The van der Waals surface area contributed by atoms with Crippen molar-refractivity contribution in [3.05, 3.63) is 53.9 Å². The molecule has 36 heavy (non-hydrogen) atoms. The Bertz CT molecular complexity index is 1440. The average molecular weight is 505 g/mol. The van der Waals surface area contributed by atoms with Crippen molar-refractivity contribution in [2.75, 3.05) is 31.5 Å². The average Bonchev–Trinajstić information content (AvgIpc) is 3.55. The summed E-state index contributed by atoms with van der Waals surface area (Å²) in [4.78, 5) is 34.4. The first-order valence-corrected chi connectivity index (χ1v) is 13.0. The van der Waals surface area contributed by atoms with Crippen molar-refractivity contribution in [3.63, 3.8) is 0 Å². The number of hydrogen-bond acceptors (Lipinski definition) is 7. The van der Waals surface area contributed by atoms with Crippen LogP contribution in [-0.4, -0.2) is 67.3 Å². The molecule has 2 bridgehead atoms. The molecule has 2 amide bonds. The maximum absolute atomic E-state index is 13.1. The van der Waals surface area contributed by atoms with E-state index in [9.17, 15) is 9.59 Å². The lowest BCUT2D eigenvalue weighted by molar-refractivity contribution is 0.0284. The summed E-state index contributed by atoms with van der Waals surface area (Å²) in [6, 6.07) is 1.68. The van der Waals surface area contributed by atoms with Gasteiger partial charge in [-0.3, -0.25) is 19.3 Å². The molecule has 0 unspecified atom stereocenters. The lowest BCUT2D eigenvalue weighted by Gasteiger charge is -2.47. The van der Waals surface area contributed by atoms with Gasteiger partial charge in [-0.05, 0) is 37.7 Å². The van der Waals surface area contributed by atoms with Gasteiger partial charge in [0, 0.05) is 57.4 Å². The lowest BCUT2D eigenvalue weighted by atomic mass is 9.71. The number of piperidine rings is 2. The maximum atomic E-state index is 13.1. The zero-order valence-corrected chi connectivity index (χ0v) is 21.1. The second kappa shape index (κ2) is 9.14. The van der Waals surface area contributed by atoms with Gasteiger partial charge in [-0.25, -0.2) is 4.52 Å².